The molecule has 0 heterocycles. The van der Waals surface area contributed by atoms with Crippen molar-refractivity contribution < 1.29 is 14.3 Å². The maximum absolute atomic E-state index is 10.8. The van der Waals surface area contributed by atoms with E-state index in [4.69, 9.17) is 9.47 Å². The van der Waals surface area contributed by atoms with Crippen LogP contribution < -0.4 is 5.32 Å². The van der Waals surface area contributed by atoms with E-state index in [1.165, 1.54) is 0 Å². The van der Waals surface area contributed by atoms with Crippen LogP contribution in [0.15, 0.2) is 0 Å². The number of carbonyl (C=O) groups is 1. The third kappa shape index (κ3) is 9.30. The second-order valence-electron chi connectivity index (χ2n) is 2.68. The zero-order valence-electron chi connectivity index (χ0n) is 8.47. The highest BCUT2D eigenvalue weighted by Crippen LogP contribution is 1.86. The minimum Gasteiger partial charge on any atom is -0.465 e. The number of hydrogen-bond acceptors (Lipinski definition) is 4. The Morgan fingerprint density at radius 2 is 2.15 bits per heavy atom. The standard InChI is InChI=1S/C9H19NO3/c1-3-13-9(11)8-10-6-4-5-7-12-2/h10H,3-8H2,1-2H3. The number of esters is 1. The molecule has 4 heteroatoms. The van der Waals surface area contributed by atoms with Gasteiger partial charge in [0.25, 0.3) is 0 Å². The first-order chi connectivity index (χ1) is 6.31. The molecule has 0 spiro atoms. The van der Waals surface area contributed by atoms with Crippen LogP contribution in [0.4, 0.5) is 0 Å². The zero-order chi connectivity index (χ0) is 9.94. The first-order valence-corrected chi connectivity index (χ1v) is 4.66. The Balaban J connectivity index is 3.02. The summed E-state index contributed by atoms with van der Waals surface area (Å²) in [5.74, 6) is -0.186. The molecule has 0 aromatic rings. The second kappa shape index (κ2) is 9.48. The number of carbonyl (C=O) groups excluding carboxylic acids is 1. The van der Waals surface area contributed by atoms with Gasteiger partial charge in [0.05, 0.1) is 13.2 Å². The first kappa shape index (κ1) is 12.4. The summed E-state index contributed by atoms with van der Waals surface area (Å²) in [6.07, 6.45) is 2.04. The van der Waals surface area contributed by atoms with Crippen LogP contribution in [0.5, 0.6) is 0 Å². The predicted molar refractivity (Wildman–Crippen MR) is 50.6 cm³/mol. The summed E-state index contributed by atoms with van der Waals surface area (Å²) in [5, 5.41) is 3.00. The van der Waals surface area contributed by atoms with Gasteiger partial charge in [-0.25, -0.2) is 0 Å². The van der Waals surface area contributed by atoms with E-state index in [-0.39, 0.29) is 5.97 Å². The van der Waals surface area contributed by atoms with Gasteiger partial charge in [-0.05, 0) is 26.3 Å². The molecule has 0 aliphatic carbocycles. The van der Waals surface area contributed by atoms with Gasteiger partial charge in [0, 0.05) is 13.7 Å². The Morgan fingerprint density at radius 1 is 1.38 bits per heavy atom. The van der Waals surface area contributed by atoms with Crippen molar-refractivity contribution in [1.82, 2.24) is 5.32 Å². The number of hydrogen-bond donors (Lipinski definition) is 1. The molecule has 0 rings (SSSR count). The van der Waals surface area contributed by atoms with Gasteiger partial charge in [-0.1, -0.05) is 0 Å². The summed E-state index contributed by atoms with van der Waals surface area (Å²) >= 11 is 0. The molecule has 0 aromatic carbocycles. The van der Waals surface area contributed by atoms with E-state index in [2.05, 4.69) is 5.32 Å². The van der Waals surface area contributed by atoms with Crippen LogP contribution in [0.2, 0.25) is 0 Å². The molecule has 0 atom stereocenters. The molecule has 0 saturated carbocycles. The molecule has 0 aliphatic rings. The van der Waals surface area contributed by atoms with Crippen LogP contribution in [-0.2, 0) is 14.3 Å². The molecule has 13 heavy (non-hydrogen) atoms. The van der Waals surface area contributed by atoms with Gasteiger partial charge < -0.3 is 14.8 Å². The summed E-state index contributed by atoms with van der Waals surface area (Å²) in [6.45, 7) is 4.17. The molecule has 0 aromatic heterocycles. The topological polar surface area (TPSA) is 47.6 Å². The van der Waals surface area contributed by atoms with E-state index >= 15 is 0 Å². The van der Waals surface area contributed by atoms with Crippen molar-refractivity contribution in [2.75, 3.05) is 33.4 Å². The molecule has 0 radical (unpaired) electrons. The van der Waals surface area contributed by atoms with E-state index < -0.39 is 0 Å². The molecule has 0 unspecified atom stereocenters. The predicted octanol–water partition coefficient (Wildman–Crippen LogP) is 0.566. The summed E-state index contributed by atoms with van der Waals surface area (Å²) in [7, 11) is 1.69. The molecule has 0 aliphatic heterocycles. The minimum atomic E-state index is -0.186. The monoisotopic (exact) mass is 189 g/mol. The molecule has 0 bridgehead atoms. The van der Waals surface area contributed by atoms with Crippen molar-refractivity contribution in [3.8, 4) is 0 Å². The molecule has 0 fully saturated rings. The number of nitrogens with one attached hydrogen (secondary N) is 1. The Kier molecular flexibility index (Phi) is 9.03. The molecule has 78 valence electrons. The van der Waals surface area contributed by atoms with Crippen molar-refractivity contribution in [2.45, 2.75) is 19.8 Å². The minimum absolute atomic E-state index is 0.186. The Bertz CT molecular complexity index is 128. The number of ether oxygens (including phenoxy) is 2. The van der Waals surface area contributed by atoms with Gasteiger partial charge in [0.1, 0.15) is 0 Å². The van der Waals surface area contributed by atoms with Gasteiger partial charge in [-0.3, -0.25) is 4.79 Å². The lowest BCUT2D eigenvalue weighted by Crippen LogP contribution is -2.25. The first-order valence-electron chi connectivity index (χ1n) is 4.66. The fourth-order valence-corrected chi connectivity index (χ4v) is 0.899. The molecule has 0 amide bonds. The van der Waals surface area contributed by atoms with E-state index in [1.54, 1.807) is 14.0 Å². The van der Waals surface area contributed by atoms with E-state index in [0.717, 1.165) is 26.0 Å². The van der Waals surface area contributed by atoms with Crippen molar-refractivity contribution >= 4 is 5.97 Å². The van der Waals surface area contributed by atoms with Crippen molar-refractivity contribution in [1.29, 1.82) is 0 Å². The highest BCUT2D eigenvalue weighted by Gasteiger charge is 1.98. The molecule has 1 N–H and O–H groups in total. The zero-order valence-corrected chi connectivity index (χ0v) is 8.47. The highest BCUT2D eigenvalue weighted by molar-refractivity contribution is 5.71. The smallest absolute Gasteiger partial charge is 0.319 e. The van der Waals surface area contributed by atoms with Crippen molar-refractivity contribution in [3.63, 3.8) is 0 Å². The van der Waals surface area contributed by atoms with E-state index in [9.17, 15) is 4.79 Å². The van der Waals surface area contributed by atoms with Gasteiger partial charge in [-0.2, -0.15) is 0 Å². The summed E-state index contributed by atoms with van der Waals surface area (Å²) in [5.41, 5.74) is 0. The van der Waals surface area contributed by atoms with Crippen LogP contribution >= 0.6 is 0 Å². The van der Waals surface area contributed by atoms with Gasteiger partial charge in [-0.15, -0.1) is 0 Å². The lowest BCUT2D eigenvalue weighted by atomic mass is 10.3. The summed E-state index contributed by atoms with van der Waals surface area (Å²) in [6, 6.07) is 0. The fraction of sp³-hybridized carbons (Fsp3) is 0.889. The Morgan fingerprint density at radius 3 is 2.77 bits per heavy atom. The number of rotatable bonds is 8. The average molecular weight is 189 g/mol. The van der Waals surface area contributed by atoms with Gasteiger partial charge >= 0.3 is 5.97 Å². The van der Waals surface area contributed by atoms with E-state index in [0.29, 0.717) is 13.2 Å². The number of methoxy groups -OCH3 is 1. The molecule has 0 saturated heterocycles. The Labute approximate surface area is 79.6 Å². The lowest BCUT2D eigenvalue weighted by Gasteiger charge is -2.03. The third-order valence-corrected chi connectivity index (χ3v) is 1.53. The Hall–Kier alpha value is -0.610. The maximum atomic E-state index is 10.8. The summed E-state index contributed by atoms with van der Waals surface area (Å²) < 4.78 is 9.63. The van der Waals surface area contributed by atoms with Crippen LogP contribution in [-0.4, -0.2) is 39.4 Å². The summed E-state index contributed by atoms with van der Waals surface area (Å²) in [4.78, 5) is 10.8. The normalized spacial score (nSPS) is 10.0. The van der Waals surface area contributed by atoms with Crippen LogP contribution in [0, 0.1) is 0 Å². The molecular formula is C9H19NO3. The third-order valence-electron chi connectivity index (χ3n) is 1.53. The maximum Gasteiger partial charge on any atom is 0.319 e. The van der Waals surface area contributed by atoms with Gasteiger partial charge in [0.2, 0.25) is 0 Å². The van der Waals surface area contributed by atoms with Crippen LogP contribution in [0.25, 0.3) is 0 Å². The fourth-order valence-electron chi connectivity index (χ4n) is 0.899. The van der Waals surface area contributed by atoms with E-state index in [1.807, 2.05) is 0 Å². The molecule has 4 nitrogen and oxygen atoms in total. The second-order valence-corrected chi connectivity index (χ2v) is 2.68. The SMILES string of the molecule is CCOC(=O)CNCCCCOC. The lowest BCUT2D eigenvalue weighted by molar-refractivity contribution is -0.141. The van der Waals surface area contributed by atoms with Crippen LogP contribution in [0.3, 0.4) is 0 Å². The van der Waals surface area contributed by atoms with Crippen molar-refractivity contribution in [3.05, 3.63) is 0 Å². The van der Waals surface area contributed by atoms with Crippen LogP contribution in [0.1, 0.15) is 19.8 Å². The largest absolute Gasteiger partial charge is 0.465 e. The quantitative estimate of drug-likeness (QED) is 0.448. The van der Waals surface area contributed by atoms with Gasteiger partial charge in [0.15, 0.2) is 0 Å². The highest BCUT2D eigenvalue weighted by atomic mass is 16.5. The number of unbranched alkanes of at least 4 members (excludes halogenated alkanes) is 1. The average Bonchev–Trinajstić information content (AvgIpc) is 2.11. The van der Waals surface area contributed by atoms with Crippen molar-refractivity contribution in [2.24, 2.45) is 0 Å². The molecular weight excluding hydrogens is 170 g/mol.